The van der Waals surface area contributed by atoms with Crippen LogP contribution in [-0.4, -0.2) is 34.9 Å². The summed E-state index contributed by atoms with van der Waals surface area (Å²) >= 11 is 0. The fraction of sp³-hybridized carbons (Fsp3) is 0.333. The number of nitrogens with zero attached hydrogens (tertiary/aromatic N) is 4. The molecule has 37 heavy (non-hydrogen) atoms. The Labute approximate surface area is 213 Å². The van der Waals surface area contributed by atoms with Gasteiger partial charge in [0.2, 0.25) is 11.8 Å². The number of allylic oxidation sites excluding steroid dienone is 1. The van der Waals surface area contributed by atoms with Crippen molar-refractivity contribution in [3.05, 3.63) is 80.5 Å². The van der Waals surface area contributed by atoms with Crippen LogP contribution in [0.5, 0.6) is 5.75 Å². The van der Waals surface area contributed by atoms with E-state index in [1.807, 2.05) is 32.0 Å². The summed E-state index contributed by atoms with van der Waals surface area (Å²) in [4.78, 5) is 16.8. The second-order valence-electron chi connectivity index (χ2n) is 8.73. The van der Waals surface area contributed by atoms with Crippen molar-refractivity contribution < 1.29 is 22.8 Å². The Hall–Kier alpha value is -4.21. The van der Waals surface area contributed by atoms with E-state index in [4.69, 9.17) is 13.6 Å². The van der Waals surface area contributed by atoms with Crippen LogP contribution < -0.4 is 10.5 Å². The van der Waals surface area contributed by atoms with E-state index in [0.717, 1.165) is 34.2 Å². The monoisotopic (exact) mass is 508 g/mol. The molecule has 0 unspecified atom stereocenters. The largest absolute Gasteiger partial charge is 0.496 e. The van der Waals surface area contributed by atoms with Crippen molar-refractivity contribution in [2.75, 3.05) is 14.2 Å². The number of aromatic nitrogens is 3. The zero-order valence-electron chi connectivity index (χ0n) is 21.7. The molecule has 0 aliphatic carbocycles. The Bertz CT molecular complexity index is 1560. The first kappa shape index (κ1) is 25.9. The fourth-order valence-corrected chi connectivity index (χ4v) is 4.37. The molecule has 0 atom stereocenters. The van der Waals surface area contributed by atoms with Crippen molar-refractivity contribution in [3.8, 4) is 5.75 Å². The molecule has 0 amide bonds. The summed E-state index contributed by atoms with van der Waals surface area (Å²) in [6, 6.07) is 7.48. The van der Waals surface area contributed by atoms with Crippen LogP contribution in [0.25, 0.3) is 16.7 Å². The van der Waals surface area contributed by atoms with Crippen LogP contribution >= 0.6 is 0 Å². The Morgan fingerprint density at radius 1 is 1.08 bits per heavy atom. The number of oxazole rings is 1. The molecule has 0 saturated carbocycles. The van der Waals surface area contributed by atoms with Gasteiger partial charge in [0.25, 0.3) is 5.97 Å². The fourth-order valence-electron chi connectivity index (χ4n) is 4.37. The highest BCUT2D eigenvalue weighted by molar-refractivity contribution is 5.98. The molecule has 0 spiro atoms. The number of hydrogen-bond donors (Lipinski definition) is 0. The molecule has 2 heterocycles. The van der Waals surface area contributed by atoms with Crippen molar-refractivity contribution in [3.63, 3.8) is 0 Å². The molecule has 0 radical (unpaired) electrons. The van der Waals surface area contributed by atoms with Crippen LogP contribution in [0.4, 0.5) is 4.39 Å². The van der Waals surface area contributed by atoms with Crippen molar-refractivity contribution in [1.29, 1.82) is 0 Å². The first-order chi connectivity index (χ1) is 17.7. The van der Waals surface area contributed by atoms with Crippen LogP contribution in [0.3, 0.4) is 0 Å². The number of methoxy groups -OCH3 is 1. The second kappa shape index (κ2) is 10.8. The predicted octanol–water partition coefficient (Wildman–Crippen LogP) is 5.18. The molecular formula is C27H29FN4O5. The van der Waals surface area contributed by atoms with Gasteiger partial charge in [-0.3, -0.25) is 4.57 Å². The molecule has 0 N–H and O–H groups in total. The van der Waals surface area contributed by atoms with E-state index in [1.165, 1.54) is 18.8 Å². The number of unbranched alkanes of at least 4 members (excludes halogenated alkanes) is 1. The van der Waals surface area contributed by atoms with Crippen molar-refractivity contribution in [2.24, 2.45) is 12.2 Å². The first-order valence-electron chi connectivity index (χ1n) is 11.8. The smallest absolute Gasteiger partial charge is 0.419 e. The molecule has 194 valence electrons. The summed E-state index contributed by atoms with van der Waals surface area (Å²) in [7, 11) is 4.43. The van der Waals surface area contributed by atoms with E-state index in [9.17, 15) is 9.18 Å². The van der Waals surface area contributed by atoms with Gasteiger partial charge in [0.1, 0.15) is 12.9 Å². The minimum Gasteiger partial charge on any atom is -0.496 e. The zero-order valence-corrected chi connectivity index (χ0v) is 21.7. The highest BCUT2D eigenvalue weighted by Crippen LogP contribution is 2.34. The van der Waals surface area contributed by atoms with Crippen molar-refractivity contribution >= 4 is 22.6 Å². The standard InChI is InChI=1S/C27H29FN4O5/c1-15-11-18(13-21(24(15)34-5)26(28)31-35-6)20(9-7-8-10-23-30-29-17(3)36-23)19-12-16(2)25-22(14-19)32(4)27(33)37-25/h9,11-14H,7-8,10H2,1-6H3/b20-9+,31-26-. The summed E-state index contributed by atoms with van der Waals surface area (Å²) in [5.74, 6) is 0.257. The molecule has 0 aliphatic heterocycles. The molecule has 0 bridgehead atoms. The Kier molecular flexibility index (Phi) is 7.56. The number of benzene rings is 2. The van der Waals surface area contributed by atoms with Crippen LogP contribution in [-0.2, 0) is 18.3 Å². The number of aryl methyl sites for hydroxylation is 5. The maximum atomic E-state index is 14.9. The molecule has 9 nitrogen and oxygen atoms in total. The van der Waals surface area contributed by atoms with Gasteiger partial charge in [-0.1, -0.05) is 11.2 Å². The van der Waals surface area contributed by atoms with Gasteiger partial charge in [0.05, 0.1) is 18.2 Å². The number of halogens is 1. The quantitative estimate of drug-likeness (QED) is 0.174. The molecule has 0 aliphatic rings. The van der Waals surface area contributed by atoms with Crippen molar-refractivity contribution in [2.45, 2.75) is 40.0 Å². The van der Waals surface area contributed by atoms with E-state index in [1.54, 1.807) is 20.0 Å². The number of hydrogen-bond acceptors (Lipinski definition) is 8. The van der Waals surface area contributed by atoms with Gasteiger partial charge in [-0.2, -0.15) is 4.39 Å². The van der Waals surface area contributed by atoms with Crippen LogP contribution in [0.15, 0.2) is 49.1 Å². The predicted molar refractivity (Wildman–Crippen MR) is 138 cm³/mol. The molecule has 10 heteroatoms. The summed E-state index contributed by atoms with van der Waals surface area (Å²) in [5, 5.41) is 11.4. The summed E-state index contributed by atoms with van der Waals surface area (Å²) in [5.41, 5.74) is 5.41. The normalized spacial score (nSPS) is 12.4. The SMILES string of the molecule is CO/N=C(\F)c1cc(/C(=C\CCCc2nnc(C)o2)c2cc(C)c3oc(=O)n(C)c3c2)cc(C)c1OC. The Balaban J connectivity index is 1.83. The third-order valence-electron chi connectivity index (χ3n) is 6.09. The summed E-state index contributed by atoms with van der Waals surface area (Å²) in [6.45, 7) is 5.49. The van der Waals surface area contributed by atoms with Gasteiger partial charge >= 0.3 is 5.76 Å². The van der Waals surface area contributed by atoms with Crippen LogP contribution in [0, 0.1) is 20.8 Å². The molecular weight excluding hydrogens is 479 g/mol. The van der Waals surface area contributed by atoms with Crippen LogP contribution in [0.1, 0.15) is 52.4 Å². The zero-order chi connectivity index (χ0) is 26.7. The van der Waals surface area contributed by atoms with Gasteiger partial charge in [-0.05, 0) is 78.8 Å². The third kappa shape index (κ3) is 5.32. The maximum absolute atomic E-state index is 14.9. The summed E-state index contributed by atoms with van der Waals surface area (Å²) < 4.78 is 32.7. The molecule has 2 aromatic carbocycles. The molecule has 0 fully saturated rings. The van der Waals surface area contributed by atoms with Gasteiger partial charge < -0.3 is 18.4 Å². The topological polar surface area (TPSA) is 105 Å². The number of fused-ring (bicyclic) bond motifs is 1. The highest BCUT2D eigenvalue weighted by atomic mass is 19.1. The lowest BCUT2D eigenvalue weighted by Crippen LogP contribution is -2.08. The van der Waals surface area contributed by atoms with Crippen molar-refractivity contribution in [1.82, 2.24) is 14.8 Å². The van der Waals surface area contributed by atoms with Gasteiger partial charge in [-0.15, -0.1) is 10.2 Å². The van der Waals surface area contributed by atoms with Gasteiger partial charge in [0.15, 0.2) is 5.58 Å². The molecule has 2 aromatic heterocycles. The van der Waals surface area contributed by atoms with E-state index < -0.39 is 11.7 Å². The minimum absolute atomic E-state index is 0.181. The molecule has 4 aromatic rings. The lowest BCUT2D eigenvalue weighted by Gasteiger charge is -2.16. The average molecular weight is 509 g/mol. The molecule has 0 saturated heterocycles. The lowest BCUT2D eigenvalue weighted by molar-refractivity contribution is 0.209. The maximum Gasteiger partial charge on any atom is 0.419 e. The summed E-state index contributed by atoms with van der Waals surface area (Å²) in [6.07, 6.45) is 4.16. The first-order valence-corrected chi connectivity index (χ1v) is 11.8. The van der Waals surface area contributed by atoms with E-state index >= 15 is 0 Å². The number of rotatable bonds is 9. The van der Waals surface area contributed by atoms with E-state index in [-0.39, 0.29) is 5.56 Å². The van der Waals surface area contributed by atoms with Crippen LogP contribution in [0.2, 0.25) is 0 Å². The third-order valence-corrected chi connectivity index (χ3v) is 6.09. The average Bonchev–Trinajstić information content (AvgIpc) is 3.41. The van der Waals surface area contributed by atoms with E-state index in [2.05, 4.69) is 26.3 Å². The minimum atomic E-state index is -0.792. The highest BCUT2D eigenvalue weighted by Gasteiger charge is 2.19. The second-order valence-corrected chi connectivity index (χ2v) is 8.73. The number of oxime groups is 1. The van der Waals surface area contributed by atoms with E-state index in [0.29, 0.717) is 41.5 Å². The van der Waals surface area contributed by atoms with Gasteiger partial charge in [0, 0.05) is 20.4 Å². The Morgan fingerprint density at radius 3 is 2.49 bits per heavy atom. The Morgan fingerprint density at radius 2 is 1.81 bits per heavy atom. The number of ether oxygens (including phenoxy) is 1. The lowest BCUT2D eigenvalue weighted by atomic mass is 9.92. The molecule has 4 rings (SSSR count). The van der Waals surface area contributed by atoms with Gasteiger partial charge in [-0.25, -0.2) is 4.79 Å².